The van der Waals surface area contributed by atoms with Gasteiger partial charge in [0.15, 0.2) is 0 Å². The zero-order chi connectivity index (χ0) is 52.5. The van der Waals surface area contributed by atoms with Crippen LogP contribution in [0.3, 0.4) is 0 Å². The molecule has 6 aliphatic rings. The molecule has 11 heterocycles. The molecule has 2 aromatic carbocycles. The van der Waals surface area contributed by atoms with E-state index in [1.165, 1.54) is 34.0 Å². The minimum absolute atomic E-state index is 0.222. The molecular weight excluding hydrogens is 1000 g/mol. The Balaban J connectivity index is 1.13. The molecule has 0 saturated carbocycles. The summed E-state index contributed by atoms with van der Waals surface area (Å²) >= 11 is 4.28. The SMILES string of the molecule is CCCCCCC1=CC2(c3cc4sc5cc(C67C=C(CCCCCC)C(C(=O)NC6=O)c6c7c7cc(CCCCCC)c6c(=O)[nH]c7=O)sc5c4s3)C(=O)NC(=O)C1c1c2c2cc(CCCCCC)c1c(=O)[nH]c2=O. The molecule has 4 N–H and O–H groups in total. The van der Waals surface area contributed by atoms with Crippen molar-refractivity contribution in [2.24, 2.45) is 0 Å². The van der Waals surface area contributed by atoms with E-state index in [2.05, 4.69) is 48.3 Å². The minimum atomic E-state index is -1.64. The average molecular weight is 1070 g/mol. The Hall–Kier alpha value is -5.90. The molecule has 8 bridgehead atoms. The van der Waals surface area contributed by atoms with E-state index >= 15 is 9.59 Å². The van der Waals surface area contributed by atoms with Crippen molar-refractivity contribution in [2.75, 3.05) is 0 Å². The van der Waals surface area contributed by atoms with Crippen molar-refractivity contribution in [1.82, 2.24) is 20.6 Å². The number of hydrogen-bond acceptors (Lipinski definition) is 11. The summed E-state index contributed by atoms with van der Waals surface area (Å²) in [7, 11) is 0. The van der Waals surface area contributed by atoms with Crippen LogP contribution >= 0.6 is 34.0 Å². The first-order valence-electron chi connectivity index (χ1n) is 27.5. The van der Waals surface area contributed by atoms with Gasteiger partial charge in [-0.15, -0.1) is 34.0 Å². The maximum absolute atomic E-state index is 15.3. The quantitative estimate of drug-likeness (QED) is 0.0293. The van der Waals surface area contributed by atoms with Gasteiger partial charge >= 0.3 is 0 Å². The number of imide groups is 2. The highest BCUT2D eigenvalue weighted by atomic mass is 32.1. The molecule has 15 heteroatoms. The van der Waals surface area contributed by atoms with Gasteiger partial charge in [-0.05, 0) is 109 Å². The number of aromatic amines is 2. The van der Waals surface area contributed by atoms with Crippen molar-refractivity contribution in [3.05, 3.63) is 132 Å². The smallest absolute Gasteiger partial charge is 0.258 e. The summed E-state index contributed by atoms with van der Waals surface area (Å²) in [5.74, 6) is -3.99. The van der Waals surface area contributed by atoms with Crippen LogP contribution in [-0.2, 0) is 42.8 Å². The van der Waals surface area contributed by atoms with Crippen molar-refractivity contribution in [1.29, 1.82) is 0 Å². The molecule has 9 aromatic rings. The van der Waals surface area contributed by atoms with Crippen LogP contribution in [0.1, 0.15) is 198 Å². The summed E-state index contributed by atoms with van der Waals surface area (Å²) in [4.78, 5) is 123. The van der Waals surface area contributed by atoms with Gasteiger partial charge in [0.05, 0.1) is 21.2 Å². The molecule has 7 aromatic heterocycles. The largest absolute Gasteiger partial charge is 0.294 e. The standard InChI is InChI=1S/C60H64N4O8S3/c1-5-9-13-17-21-31-25-35-47-45(41(31)53(67)61-51(35)65)43-33(23-19-15-11-7-3)29-59(47,57(71)63-55(43)69)39-27-37-49(74-39)50-38(73-37)28-40(75-50)60-30-34(24-20-16-12-8-4)44(56(70)64-58(60)72)46-42-32(22-18-14-10-6-2)26-36(48(46)60)52(66)62-54(42)68/h25-30,43-44H,5-24H2,1-4H3,(H,61,65,67)(H,62,66,68)(H,63,69,71)(H,64,70,72). The highest BCUT2D eigenvalue weighted by Crippen LogP contribution is 2.59. The van der Waals surface area contributed by atoms with Gasteiger partial charge in [0, 0.05) is 40.7 Å². The Morgan fingerprint density at radius 2 is 0.813 bits per heavy atom. The van der Waals surface area contributed by atoms with Crippen molar-refractivity contribution in [3.63, 3.8) is 0 Å². The Morgan fingerprint density at radius 3 is 1.19 bits per heavy atom. The molecule has 4 aliphatic heterocycles. The molecule has 12 nitrogen and oxygen atoms in total. The summed E-state index contributed by atoms with van der Waals surface area (Å²) in [5.41, 5.74) is -0.947. The molecule has 75 heavy (non-hydrogen) atoms. The third-order valence-corrected chi connectivity index (χ3v) is 20.8. The van der Waals surface area contributed by atoms with E-state index in [-0.39, 0.29) is 10.8 Å². The number of fused-ring (bicyclic) bond motifs is 13. The molecule has 15 rings (SSSR count). The first kappa shape index (κ1) is 51.2. The number of H-pyrrole nitrogens is 2. The number of thiophene rings is 3. The number of aromatic nitrogens is 2. The average Bonchev–Trinajstić information content (AvgIpc) is 3.98. The fourth-order valence-corrected chi connectivity index (χ4v) is 17.6. The summed E-state index contributed by atoms with van der Waals surface area (Å²) in [6, 6.07) is 7.54. The first-order chi connectivity index (χ1) is 36.3. The van der Waals surface area contributed by atoms with Crippen LogP contribution in [0.2, 0.25) is 0 Å². The van der Waals surface area contributed by atoms with Crippen LogP contribution in [0.25, 0.3) is 40.3 Å². The summed E-state index contributed by atoms with van der Waals surface area (Å²) in [5, 5.41) is 6.62. The van der Waals surface area contributed by atoms with E-state index in [1.807, 2.05) is 24.3 Å². The van der Waals surface area contributed by atoms with E-state index in [1.54, 1.807) is 12.1 Å². The number of amides is 4. The molecule has 0 spiro atoms. The molecule has 0 radical (unpaired) electrons. The summed E-state index contributed by atoms with van der Waals surface area (Å²) in [6.45, 7) is 8.54. The van der Waals surface area contributed by atoms with E-state index in [0.29, 0.717) is 79.6 Å². The normalized spacial score (nSPS) is 21.1. The van der Waals surface area contributed by atoms with Crippen LogP contribution in [0.5, 0.6) is 0 Å². The second-order valence-electron chi connectivity index (χ2n) is 21.6. The number of aryl methyl sites for hydroxylation is 2. The second kappa shape index (κ2) is 20.2. The molecule has 4 amide bonds. The maximum Gasteiger partial charge on any atom is 0.258 e. The lowest BCUT2D eigenvalue weighted by Gasteiger charge is -2.35. The number of carbonyl (C=O) groups is 4. The monoisotopic (exact) mass is 1060 g/mol. The van der Waals surface area contributed by atoms with Gasteiger partial charge < -0.3 is 0 Å². The lowest BCUT2D eigenvalue weighted by molar-refractivity contribution is -0.133. The number of hydrogen-bond donors (Lipinski definition) is 4. The van der Waals surface area contributed by atoms with Gasteiger partial charge in [-0.2, -0.15) is 0 Å². The van der Waals surface area contributed by atoms with Gasteiger partial charge in [-0.3, -0.25) is 59.0 Å². The van der Waals surface area contributed by atoms with E-state index < -0.39 is 68.5 Å². The summed E-state index contributed by atoms with van der Waals surface area (Å²) in [6.07, 6.45) is 21.1. The van der Waals surface area contributed by atoms with Crippen molar-refractivity contribution in [2.45, 2.75) is 179 Å². The highest BCUT2D eigenvalue weighted by Gasteiger charge is 2.57. The number of rotatable bonds is 22. The van der Waals surface area contributed by atoms with Gasteiger partial charge in [0.1, 0.15) is 10.8 Å². The fraction of sp³-hybridized carbons (Fsp3) is 0.467. The molecule has 0 saturated heterocycles. The molecule has 2 aliphatic carbocycles. The third-order valence-electron chi connectivity index (χ3n) is 16.8. The molecule has 0 fully saturated rings. The maximum atomic E-state index is 15.3. The molecule has 390 valence electrons. The van der Waals surface area contributed by atoms with Crippen molar-refractivity contribution < 1.29 is 19.2 Å². The fourth-order valence-electron chi connectivity index (χ4n) is 13.2. The Morgan fingerprint density at radius 1 is 0.440 bits per heavy atom. The number of benzene rings is 2. The van der Waals surface area contributed by atoms with E-state index in [0.717, 1.165) is 133 Å². The van der Waals surface area contributed by atoms with Crippen LogP contribution < -0.4 is 32.9 Å². The molecular formula is C60H64N4O8S3. The number of nitrogens with one attached hydrogen (secondary N) is 4. The highest BCUT2D eigenvalue weighted by molar-refractivity contribution is 7.38. The van der Waals surface area contributed by atoms with Gasteiger partial charge in [-0.1, -0.05) is 128 Å². The Bertz CT molecular complexity index is 3550. The minimum Gasteiger partial charge on any atom is -0.294 e. The molecule has 4 unspecified atom stereocenters. The number of carbonyl (C=O) groups excluding carboxylic acids is 4. The van der Waals surface area contributed by atoms with Gasteiger partial charge in [0.2, 0.25) is 23.6 Å². The van der Waals surface area contributed by atoms with Gasteiger partial charge in [0.25, 0.3) is 22.2 Å². The van der Waals surface area contributed by atoms with Crippen LogP contribution in [0.4, 0.5) is 0 Å². The Kier molecular flexibility index (Phi) is 13.8. The van der Waals surface area contributed by atoms with Crippen molar-refractivity contribution >= 4 is 98.0 Å². The topological polar surface area (TPSA) is 192 Å². The first-order valence-corrected chi connectivity index (χ1v) is 30.0. The predicted molar refractivity (Wildman–Crippen MR) is 302 cm³/mol. The number of unbranched alkanes of at least 4 members (excludes halogenated alkanes) is 12. The Labute approximate surface area is 446 Å². The zero-order valence-electron chi connectivity index (χ0n) is 43.3. The zero-order valence-corrected chi connectivity index (χ0v) is 45.7. The van der Waals surface area contributed by atoms with E-state index in [4.69, 9.17) is 0 Å². The van der Waals surface area contributed by atoms with Crippen LogP contribution in [-0.4, -0.2) is 33.6 Å². The predicted octanol–water partition coefficient (Wildman–Crippen LogP) is 11.6. The van der Waals surface area contributed by atoms with Crippen molar-refractivity contribution in [3.8, 4) is 0 Å². The van der Waals surface area contributed by atoms with Crippen LogP contribution in [0.15, 0.2) is 66.7 Å². The molecule has 4 atom stereocenters. The third kappa shape index (κ3) is 8.06. The van der Waals surface area contributed by atoms with E-state index in [9.17, 15) is 28.8 Å². The lowest BCUT2D eigenvalue weighted by atomic mass is 9.65. The van der Waals surface area contributed by atoms with Crippen LogP contribution in [0, 0.1) is 0 Å². The lowest BCUT2D eigenvalue weighted by Crippen LogP contribution is -2.43. The summed E-state index contributed by atoms with van der Waals surface area (Å²) < 4.78 is 3.40. The van der Waals surface area contributed by atoms with Gasteiger partial charge in [-0.25, -0.2) is 0 Å². The second-order valence-corrected chi connectivity index (χ2v) is 24.8.